The Kier molecular flexibility index (Phi) is 2.45. The van der Waals surface area contributed by atoms with E-state index in [0.29, 0.717) is 6.54 Å². The van der Waals surface area contributed by atoms with Gasteiger partial charge in [0, 0.05) is 0 Å². The summed E-state index contributed by atoms with van der Waals surface area (Å²) in [5, 5.41) is 8.74. The molecule has 1 saturated carbocycles. The molecule has 0 heterocycles. The van der Waals surface area contributed by atoms with E-state index in [9.17, 15) is 4.39 Å². The van der Waals surface area contributed by atoms with Gasteiger partial charge in [0.25, 0.3) is 0 Å². The van der Waals surface area contributed by atoms with E-state index < -0.39 is 5.82 Å². The summed E-state index contributed by atoms with van der Waals surface area (Å²) in [4.78, 5) is 0. The number of nitrogens with two attached hydrogens (primary N) is 1. The molecule has 2 nitrogen and oxygen atoms in total. The number of hydrogen-bond donors (Lipinski definition) is 1. The number of nitrogens with zero attached hydrogens (tertiary/aromatic N) is 1. The maximum Gasteiger partial charge on any atom is 0.140 e. The predicted molar refractivity (Wildman–Crippen MR) is 55.7 cm³/mol. The smallest absolute Gasteiger partial charge is 0.140 e. The van der Waals surface area contributed by atoms with E-state index in [1.807, 2.05) is 6.07 Å². The fourth-order valence-electron chi connectivity index (χ4n) is 2.05. The lowest BCUT2D eigenvalue weighted by Crippen LogP contribution is -2.13. The lowest BCUT2D eigenvalue weighted by atomic mass is 9.91. The lowest BCUT2D eigenvalue weighted by molar-refractivity contribution is 0.608. The van der Waals surface area contributed by atoms with Crippen molar-refractivity contribution in [2.75, 3.05) is 6.54 Å². The van der Waals surface area contributed by atoms with Gasteiger partial charge in [-0.2, -0.15) is 5.26 Å². The Morgan fingerprint density at radius 3 is 2.73 bits per heavy atom. The molecule has 1 aromatic carbocycles. The topological polar surface area (TPSA) is 49.8 Å². The van der Waals surface area contributed by atoms with Crippen LogP contribution in [0.4, 0.5) is 4.39 Å². The van der Waals surface area contributed by atoms with Crippen molar-refractivity contribution in [3.8, 4) is 6.07 Å². The van der Waals surface area contributed by atoms with Crippen LogP contribution >= 0.6 is 0 Å². The number of hydrogen-bond acceptors (Lipinski definition) is 2. The monoisotopic (exact) mass is 204 g/mol. The molecule has 1 aliphatic rings. The zero-order valence-corrected chi connectivity index (χ0v) is 8.46. The maximum absolute atomic E-state index is 13.1. The zero-order valence-electron chi connectivity index (χ0n) is 8.46. The molecule has 3 heteroatoms. The van der Waals surface area contributed by atoms with Crippen molar-refractivity contribution >= 4 is 0 Å². The van der Waals surface area contributed by atoms with Crippen LogP contribution in [0.3, 0.4) is 0 Å². The summed E-state index contributed by atoms with van der Waals surface area (Å²) in [6, 6.07) is 6.69. The van der Waals surface area contributed by atoms with Crippen LogP contribution < -0.4 is 5.73 Å². The van der Waals surface area contributed by atoms with Gasteiger partial charge in [-0.15, -0.1) is 0 Å². The molecular weight excluding hydrogens is 191 g/mol. The normalized spacial score (nSPS) is 17.1. The van der Waals surface area contributed by atoms with Crippen LogP contribution in [0.15, 0.2) is 18.2 Å². The number of nitriles is 1. The van der Waals surface area contributed by atoms with Gasteiger partial charge in [0.1, 0.15) is 11.9 Å². The first-order chi connectivity index (χ1) is 7.22. The molecule has 15 heavy (non-hydrogen) atoms. The molecule has 0 bridgehead atoms. The molecule has 0 aliphatic heterocycles. The maximum atomic E-state index is 13.1. The van der Waals surface area contributed by atoms with E-state index in [1.54, 1.807) is 12.1 Å². The minimum Gasteiger partial charge on any atom is -0.330 e. The third-order valence-electron chi connectivity index (χ3n) is 3.18. The molecule has 0 unspecified atom stereocenters. The second-order valence-corrected chi connectivity index (χ2v) is 4.13. The van der Waals surface area contributed by atoms with Crippen molar-refractivity contribution in [1.29, 1.82) is 5.26 Å². The Morgan fingerprint density at radius 2 is 2.20 bits per heavy atom. The summed E-state index contributed by atoms with van der Waals surface area (Å²) in [6.45, 7) is 0.638. The molecule has 78 valence electrons. The number of halogens is 1. The molecule has 0 atom stereocenters. The van der Waals surface area contributed by atoms with Crippen LogP contribution in [0.1, 0.15) is 30.4 Å². The van der Waals surface area contributed by atoms with Gasteiger partial charge >= 0.3 is 0 Å². The van der Waals surface area contributed by atoms with Gasteiger partial charge in [0.2, 0.25) is 0 Å². The van der Waals surface area contributed by atoms with E-state index in [2.05, 4.69) is 0 Å². The fourth-order valence-corrected chi connectivity index (χ4v) is 2.05. The number of benzene rings is 1. The highest BCUT2D eigenvalue weighted by molar-refractivity contribution is 5.40. The molecular formula is C12H13FN2. The summed E-state index contributed by atoms with van der Waals surface area (Å²) < 4.78 is 13.1. The quantitative estimate of drug-likeness (QED) is 0.819. The third kappa shape index (κ3) is 1.73. The first kappa shape index (κ1) is 10.1. The van der Waals surface area contributed by atoms with Gasteiger partial charge in [-0.1, -0.05) is 6.07 Å². The molecule has 0 saturated heterocycles. The van der Waals surface area contributed by atoms with Crippen molar-refractivity contribution in [3.63, 3.8) is 0 Å². The van der Waals surface area contributed by atoms with Crippen LogP contribution in [0.25, 0.3) is 0 Å². The van der Waals surface area contributed by atoms with Crippen molar-refractivity contribution in [2.24, 2.45) is 5.73 Å². The van der Waals surface area contributed by atoms with Crippen LogP contribution in [-0.2, 0) is 5.41 Å². The summed E-state index contributed by atoms with van der Waals surface area (Å²) >= 11 is 0. The highest BCUT2D eigenvalue weighted by Crippen LogP contribution is 2.50. The summed E-state index contributed by atoms with van der Waals surface area (Å²) in [7, 11) is 0. The Hall–Kier alpha value is -1.40. The average molecular weight is 204 g/mol. The standard InChI is InChI=1S/C12H13FN2/c13-11-2-1-10(7-9(11)8-15)12(3-4-12)5-6-14/h1-2,7H,3-6,14H2. The predicted octanol–water partition coefficient (Wildman–Crippen LogP) is 2.08. The summed E-state index contributed by atoms with van der Waals surface area (Å²) in [5.41, 5.74) is 6.88. The average Bonchev–Trinajstić information content (AvgIpc) is 3.00. The van der Waals surface area contributed by atoms with Gasteiger partial charge in [-0.3, -0.25) is 0 Å². The van der Waals surface area contributed by atoms with E-state index in [-0.39, 0.29) is 11.0 Å². The van der Waals surface area contributed by atoms with Gasteiger partial charge < -0.3 is 5.73 Å². The molecule has 0 amide bonds. The largest absolute Gasteiger partial charge is 0.330 e. The highest BCUT2D eigenvalue weighted by Gasteiger charge is 2.43. The van der Waals surface area contributed by atoms with Crippen LogP contribution in [0.5, 0.6) is 0 Å². The Balaban J connectivity index is 2.34. The van der Waals surface area contributed by atoms with Crippen LogP contribution in [-0.4, -0.2) is 6.54 Å². The summed E-state index contributed by atoms with van der Waals surface area (Å²) in [6.07, 6.45) is 3.12. The number of rotatable bonds is 3. The van der Waals surface area contributed by atoms with Crippen molar-refractivity contribution in [1.82, 2.24) is 0 Å². The Morgan fingerprint density at radius 1 is 1.47 bits per heavy atom. The SMILES string of the molecule is N#Cc1cc(C2(CCN)CC2)ccc1F. The highest BCUT2D eigenvalue weighted by atomic mass is 19.1. The molecule has 1 aliphatic carbocycles. The minimum atomic E-state index is -0.440. The third-order valence-corrected chi connectivity index (χ3v) is 3.18. The first-order valence-electron chi connectivity index (χ1n) is 5.12. The lowest BCUT2D eigenvalue weighted by Gasteiger charge is -2.14. The molecule has 1 fully saturated rings. The Labute approximate surface area is 88.5 Å². The van der Waals surface area contributed by atoms with E-state index in [0.717, 1.165) is 24.8 Å². The van der Waals surface area contributed by atoms with Gasteiger partial charge in [0.15, 0.2) is 0 Å². The zero-order chi connectivity index (χ0) is 10.9. The first-order valence-corrected chi connectivity index (χ1v) is 5.12. The van der Waals surface area contributed by atoms with E-state index >= 15 is 0 Å². The second-order valence-electron chi connectivity index (χ2n) is 4.13. The minimum absolute atomic E-state index is 0.133. The van der Waals surface area contributed by atoms with Gasteiger partial charge in [-0.25, -0.2) is 4.39 Å². The van der Waals surface area contributed by atoms with Crippen molar-refractivity contribution in [2.45, 2.75) is 24.7 Å². The van der Waals surface area contributed by atoms with Crippen molar-refractivity contribution in [3.05, 3.63) is 35.1 Å². The van der Waals surface area contributed by atoms with E-state index in [1.165, 1.54) is 6.07 Å². The van der Waals surface area contributed by atoms with Crippen LogP contribution in [0.2, 0.25) is 0 Å². The molecule has 0 spiro atoms. The summed E-state index contributed by atoms with van der Waals surface area (Å²) in [5.74, 6) is -0.440. The van der Waals surface area contributed by atoms with Crippen molar-refractivity contribution < 1.29 is 4.39 Å². The Bertz CT molecular complexity index is 416. The molecule has 1 aromatic rings. The van der Waals surface area contributed by atoms with Gasteiger partial charge in [-0.05, 0) is 48.9 Å². The van der Waals surface area contributed by atoms with E-state index in [4.69, 9.17) is 11.0 Å². The van der Waals surface area contributed by atoms with Crippen LogP contribution in [0, 0.1) is 17.1 Å². The molecule has 2 rings (SSSR count). The molecule has 0 radical (unpaired) electrons. The second kappa shape index (κ2) is 3.63. The molecule has 2 N–H and O–H groups in total. The fraction of sp³-hybridized carbons (Fsp3) is 0.417. The van der Waals surface area contributed by atoms with Gasteiger partial charge in [0.05, 0.1) is 5.56 Å². The molecule has 0 aromatic heterocycles.